The van der Waals surface area contributed by atoms with Crippen LogP contribution in [0.15, 0.2) is 48.7 Å². The summed E-state index contributed by atoms with van der Waals surface area (Å²) >= 11 is 1.47. The first-order valence-corrected chi connectivity index (χ1v) is 7.97. The second-order valence-electron chi connectivity index (χ2n) is 4.60. The summed E-state index contributed by atoms with van der Waals surface area (Å²) in [6, 6.07) is 4.41. The van der Waals surface area contributed by atoms with E-state index in [9.17, 15) is 13.2 Å². The van der Waals surface area contributed by atoms with E-state index in [1.807, 2.05) is 6.26 Å². The number of thioether (sulfide) groups is 1. The molecule has 0 N–H and O–H groups in total. The molecule has 1 aliphatic rings. The van der Waals surface area contributed by atoms with Crippen molar-refractivity contribution in [2.24, 2.45) is 0 Å². The fourth-order valence-corrected chi connectivity index (χ4v) is 2.35. The van der Waals surface area contributed by atoms with Crippen LogP contribution in [0.25, 0.3) is 5.70 Å². The van der Waals surface area contributed by atoms with Crippen molar-refractivity contribution in [3.05, 3.63) is 60.1 Å². The molecule has 0 fully saturated rings. The Morgan fingerprint density at radius 3 is 2.77 bits per heavy atom. The van der Waals surface area contributed by atoms with Crippen molar-refractivity contribution >= 4 is 17.5 Å². The van der Waals surface area contributed by atoms with E-state index in [-0.39, 0.29) is 5.56 Å². The lowest BCUT2D eigenvalue weighted by Gasteiger charge is -2.30. The summed E-state index contributed by atoms with van der Waals surface area (Å²) in [6.07, 6.45) is 4.20. The normalized spacial score (nSPS) is 14.5. The van der Waals surface area contributed by atoms with Gasteiger partial charge in [-0.15, -0.1) is 11.8 Å². The number of hydrogen-bond donors (Lipinski definition) is 0. The second-order valence-corrected chi connectivity index (χ2v) is 5.41. The predicted octanol–water partition coefficient (Wildman–Crippen LogP) is 4.52. The van der Waals surface area contributed by atoms with Gasteiger partial charge in [0.25, 0.3) is 6.43 Å². The number of alkyl halides is 2. The molecule has 0 bridgehead atoms. The molecule has 0 saturated heterocycles. The fourth-order valence-electron chi connectivity index (χ4n) is 2.09. The van der Waals surface area contributed by atoms with Gasteiger partial charge in [-0.25, -0.2) is 13.2 Å². The molecule has 0 unspecified atom stereocenters. The molecule has 0 saturated carbocycles. The Hall–Kier alpha value is -1.82. The molecule has 0 aromatic heterocycles. The molecule has 1 aromatic carbocycles. The minimum Gasteiger partial charge on any atom is -0.483 e. The van der Waals surface area contributed by atoms with Crippen molar-refractivity contribution in [1.82, 2.24) is 4.90 Å². The van der Waals surface area contributed by atoms with E-state index in [0.717, 1.165) is 0 Å². The molecule has 0 amide bonds. The van der Waals surface area contributed by atoms with Crippen LogP contribution in [-0.2, 0) is 0 Å². The van der Waals surface area contributed by atoms with Gasteiger partial charge in [0.05, 0.1) is 12.2 Å². The average molecular weight is 327 g/mol. The summed E-state index contributed by atoms with van der Waals surface area (Å²) in [5.41, 5.74) is 1.00. The van der Waals surface area contributed by atoms with Crippen LogP contribution in [0.2, 0.25) is 0 Å². The molecule has 118 valence electrons. The molecular weight excluding hydrogens is 311 g/mol. The van der Waals surface area contributed by atoms with Crippen molar-refractivity contribution in [2.75, 3.05) is 18.7 Å². The van der Waals surface area contributed by atoms with E-state index in [2.05, 4.69) is 6.58 Å². The van der Waals surface area contributed by atoms with Crippen molar-refractivity contribution in [1.29, 1.82) is 0 Å². The zero-order chi connectivity index (χ0) is 16.1. The van der Waals surface area contributed by atoms with Gasteiger partial charge in [-0.05, 0) is 30.5 Å². The van der Waals surface area contributed by atoms with E-state index in [1.54, 1.807) is 24.3 Å². The monoisotopic (exact) mass is 327 g/mol. The van der Waals surface area contributed by atoms with E-state index in [1.165, 1.54) is 28.8 Å². The largest absolute Gasteiger partial charge is 0.483 e. The van der Waals surface area contributed by atoms with Crippen molar-refractivity contribution in [3.63, 3.8) is 0 Å². The Morgan fingerprint density at radius 1 is 1.36 bits per heavy atom. The molecule has 6 heteroatoms. The SMILES string of the molecule is C=C1C=CC=C(c2ccc(OCSC)cc2F)N1CC(F)F. The Balaban J connectivity index is 2.30. The molecule has 1 aliphatic heterocycles. The minimum atomic E-state index is -2.54. The molecule has 22 heavy (non-hydrogen) atoms. The van der Waals surface area contributed by atoms with Crippen LogP contribution in [0.3, 0.4) is 0 Å². The van der Waals surface area contributed by atoms with Gasteiger partial charge in [-0.3, -0.25) is 0 Å². The first-order valence-electron chi connectivity index (χ1n) is 6.57. The molecule has 2 rings (SSSR count). The lowest BCUT2D eigenvalue weighted by Crippen LogP contribution is -2.27. The molecule has 0 radical (unpaired) electrons. The van der Waals surface area contributed by atoms with Crippen molar-refractivity contribution < 1.29 is 17.9 Å². The van der Waals surface area contributed by atoms with Crippen LogP contribution in [0.4, 0.5) is 13.2 Å². The Bertz CT molecular complexity index is 613. The summed E-state index contributed by atoms with van der Waals surface area (Å²) < 4.78 is 45.1. The summed E-state index contributed by atoms with van der Waals surface area (Å²) in [6.45, 7) is 3.20. The van der Waals surface area contributed by atoms with Crippen LogP contribution in [0.1, 0.15) is 5.56 Å². The zero-order valence-corrected chi connectivity index (χ0v) is 12.9. The summed E-state index contributed by atoms with van der Waals surface area (Å²) in [5.74, 6) is 0.299. The molecular formula is C16H16F3NOS. The maximum absolute atomic E-state index is 14.3. The van der Waals surface area contributed by atoms with Crippen molar-refractivity contribution in [3.8, 4) is 5.75 Å². The Kier molecular flexibility index (Phi) is 5.60. The van der Waals surface area contributed by atoms with Crippen molar-refractivity contribution in [2.45, 2.75) is 6.43 Å². The lowest BCUT2D eigenvalue weighted by molar-refractivity contribution is 0.123. The van der Waals surface area contributed by atoms with E-state index >= 15 is 0 Å². The number of hydrogen-bond acceptors (Lipinski definition) is 3. The average Bonchev–Trinajstić information content (AvgIpc) is 2.47. The number of ether oxygens (including phenoxy) is 1. The number of benzene rings is 1. The van der Waals surface area contributed by atoms with Crippen LogP contribution < -0.4 is 4.74 Å². The number of allylic oxidation sites excluding steroid dienone is 3. The van der Waals surface area contributed by atoms with Gasteiger partial charge in [0.2, 0.25) is 0 Å². The van der Waals surface area contributed by atoms with Gasteiger partial charge in [0, 0.05) is 17.3 Å². The minimum absolute atomic E-state index is 0.239. The third kappa shape index (κ3) is 3.88. The fraction of sp³-hybridized carbons (Fsp3) is 0.250. The molecule has 1 heterocycles. The van der Waals surface area contributed by atoms with E-state index in [4.69, 9.17) is 4.74 Å². The first kappa shape index (κ1) is 16.5. The van der Waals surface area contributed by atoms with Gasteiger partial charge >= 0.3 is 0 Å². The molecule has 0 aliphatic carbocycles. The summed E-state index contributed by atoms with van der Waals surface area (Å²) in [5, 5.41) is 0. The standard InChI is InChI=1S/C16H16F3NOS/c1-11-4-3-5-15(20(11)9-16(18)19)13-7-6-12(8-14(13)17)21-10-22-2/h3-8,16H,1,9-10H2,2H3. The third-order valence-corrected chi connectivity index (χ3v) is 3.41. The number of nitrogens with zero attached hydrogens (tertiary/aromatic N) is 1. The highest BCUT2D eigenvalue weighted by atomic mass is 32.2. The summed E-state index contributed by atoms with van der Waals surface area (Å²) in [4.78, 5) is 1.31. The third-order valence-electron chi connectivity index (χ3n) is 3.06. The van der Waals surface area contributed by atoms with Gasteiger partial charge in [0.15, 0.2) is 0 Å². The first-order chi connectivity index (χ1) is 10.5. The Morgan fingerprint density at radius 2 is 2.14 bits per heavy atom. The number of rotatable bonds is 6. The van der Waals surface area contributed by atoms with Gasteiger partial charge in [-0.2, -0.15) is 0 Å². The highest BCUT2D eigenvalue weighted by Gasteiger charge is 2.22. The van der Waals surface area contributed by atoms with E-state index < -0.39 is 18.8 Å². The van der Waals surface area contributed by atoms with Crippen LogP contribution in [0, 0.1) is 5.82 Å². The van der Waals surface area contributed by atoms with Crippen LogP contribution in [0.5, 0.6) is 5.75 Å². The lowest BCUT2D eigenvalue weighted by atomic mass is 10.1. The van der Waals surface area contributed by atoms with E-state index in [0.29, 0.717) is 23.1 Å². The second kappa shape index (κ2) is 7.45. The highest BCUT2D eigenvalue weighted by Crippen LogP contribution is 2.31. The van der Waals surface area contributed by atoms with Gasteiger partial charge in [0.1, 0.15) is 17.5 Å². The quantitative estimate of drug-likeness (QED) is 0.713. The maximum atomic E-state index is 14.3. The molecule has 1 aromatic rings. The smallest absolute Gasteiger partial charge is 0.256 e. The maximum Gasteiger partial charge on any atom is 0.256 e. The molecule has 2 nitrogen and oxygen atoms in total. The zero-order valence-electron chi connectivity index (χ0n) is 12.1. The van der Waals surface area contributed by atoms with Crippen LogP contribution in [-0.4, -0.2) is 30.1 Å². The Labute approximate surface area is 131 Å². The van der Waals surface area contributed by atoms with Crippen LogP contribution >= 0.6 is 11.8 Å². The molecule has 0 atom stereocenters. The topological polar surface area (TPSA) is 12.5 Å². The number of halogens is 3. The molecule has 0 spiro atoms. The van der Waals surface area contributed by atoms with Gasteiger partial charge < -0.3 is 9.64 Å². The predicted molar refractivity (Wildman–Crippen MR) is 84.4 cm³/mol. The highest BCUT2D eigenvalue weighted by molar-refractivity contribution is 7.98. The van der Waals surface area contributed by atoms with Gasteiger partial charge in [-0.1, -0.05) is 12.7 Å². The summed E-state index contributed by atoms with van der Waals surface area (Å²) in [7, 11) is 0.